The Hall–Kier alpha value is -1.63. The SMILES string of the molecule is [2H]c1cc(C([2H])([2H])C(C)(C)C)cc(C([2H])([2H])[2H])c1-c1cc(C(C)C)[n+](C)cc1C([2H])([2H])[2H]. The van der Waals surface area contributed by atoms with Gasteiger partial charge in [-0.2, -0.15) is 0 Å². The molecule has 1 aromatic heterocycles. The molecule has 0 spiro atoms. The van der Waals surface area contributed by atoms with Crippen LogP contribution in [0.3, 0.4) is 0 Å². The monoisotopic (exact) mass is 319 g/mol. The Morgan fingerprint density at radius 2 is 1.87 bits per heavy atom. The van der Waals surface area contributed by atoms with E-state index in [0.717, 1.165) is 5.69 Å². The highest BCUT2D eigenvalue weighted by molar-refractivity contribution is 5.70. The van der Waals surface area contributed by atoms with Crippen molar-refractivity contribution in [3.63, 3.8) is 0 Å². The number of hydrogen-bond donors (Lipinski definition) is 0. The molecule has 0 N–H and O–H groups in total. The molecule has 0 saturated carbocycles. The first-order chi connectivity index (χ1) is 14.2. The van der Waals surface area contributed by atoms with Gasteiger partial charge < -0.3 is 0 Å². The molecule has 1 nitrogen and oxygen atoms in total. The van der Waals surface area contributed by atoms with Gasteiger partial charge in [-0.25, -0.2) is 4.57 Å². The maximum Gasteiger partial charge on any atom is 0.184 e. The Labute approximate surface area is 155 Å². The van der Waals surface area contributed by atoms with Crippen molar-refractivity contribution in [3.8, 4) is 11.1 Å². The van der Waals surface area contributed by atoms with Crippen LogP contribution in [0.1, 0.15) is 75.3 Å². The first kappa shape index (κ1) is 9.01. The fourth-order valence-electron chi connectivity index (χ4n) is 2.67. The predicted octanol–water partition coefficient (Wildman–Crippen LogP) is 5.51. The van der Waals surface area contributed by atoms with E-state index in [4.69, 9.17) is 12.3 Å². The summed E-state index contributed by atoms with van der Waals surface area (Å²) in [6.07, 6.45) is -0.427. The van der Waals surface area contributed by atoms with E-state index in [1.54, 1.807) is 38.5 Å². The van der Waals surface area contributed by atoms with Gasteiger partial charge in [0, 0.05) is 28.5 Å². The standard InChI is InChI=1S/C22H32N/c1-15(2)21-12-20(17(4)14-23(21)8)19-10-9-18(11-16(19)3)13-22(5,6)7/h9-12,14-15H,13H2,1-8H3/q+1/i3D3,4D3,10D,13D2. The quantitative estimate of drug-likeness (QED) is 0.657. The van der Waals surface area contributed by atoms with Gasteiger partial charge in [-0.3, -0.25) is 0 Å². The number of aryl methyl sites for hydroxylation is 3. The lowest BCUT2D eigenvalue weighted by molar-refractivity contribution is -0.680. The van der Waals surface area contributed by atoms with Crippen LogP contribution in [0.25, 0.3) is 11.1 Å². The van der Waals surface area contributed by atoms with Crippen molar-refractivity contribution >= 4 is 0 Å². The second-order valence-corrected chi connectivity index (χ2v) is 7.34. The molecular weight excluding hydrogens is 278 g/mol. The number of rotatable bonds is 3. The minimum absolute atomic E-state index is 0.00656. The molecule has 0 bridgehead atoms. The Morgan fingerprint density at radius 1 is 1.17 bits per heavy atom. The fourth-order valence-corrected chi connectivity index (χ4v) is 2.67. The molecule has 0 aliphatic rings. The van der Waals surface area contributed by atoms with E-state index < -0.39 is 25.5 Å². The summed E-state index contributed by atoms with van der Waals surface area (Å²) < 4.78 is 75.9. The molecule has 23 heavy (non-hydrogen) atoms. The lowest BCUT2D eigenvalue weighted by Crippen LogP contribution is -2.34. The highest BCUT2D eigenvalue weighted by Gasteiger charge is 2.17. The smallest absolute Gasteiger partial charge is 0.184 e. The zero-order valence-electron chi connectivity index (χ0n) is 23.8. The second kappa shape index (κ2) is 6.47. The van der Waals surface area contributed by atoms with Crippen molar-refractivity contribution < 1.29 is 16.9 Å². The van der Waals surface area contributed by atoms with Crippen molar-refractivity contribution in [2.75, 3.05) is 0 Å². The lowest BCUT2D eigenvalue weighted by atomic mass is 9.86. The van der Waals surface area contributed by atoms with Gasteiger partial charge in [0.25, 0.3) is 0 Å². The fraction of sp³-hybridized carbons (Fsp3) is 0.500. The molecule has 124 valence electrons. The van der Waals surface area contributed by atoms with E-state index in [1.165, 1.54) is 18.3 Å². The van der Waals surface area contributed by atoms with Crippen molar-refractivity contribution in [3.05, 3.63) is 52.8 Å². The number of pyridine rings is 1. The van der Waals surface area contributed by atoms with Gasteiger partial charge >= 0.3 is 0 Å². The summed E-state index contributed by atoms with van der Waals surface area (Å²) in [4.78, 5) is 0. The average Bonchev–Trinajstić information content (AvgIpc) is 2.58. The Morgan fingerprint density at radius 3 is 2.43 bits per heavy atom. The Bertz CT molecular complexity index is 1010. The summed E-state index contributed by atoms with van der Waals surface area (Å²) >= 11 is 0. The third-order valence-electron chi connectivity index (χ3n) is 3.63. The lowest BCUT2D eigenvalue weighted by Gasteiger charge is -2.19. The van der Waals surface area contributed by atoms with Gasteiger partial charge in [0.05, 0.1) is 1.37 Å². The number of nitrogens with zero attached hydrogens (tertiary/aromatic N) is 1. The Balaban J connectivity index is 3.03. The zero-order valence-corrected chi connectivity index (χ0v) is 14.8. The van der Waals surface area contributed by atoms with Gasteiger partial charge in [0.1, 0.15) is 7.05 Å². The molecule has 0 aliphatic carbocycles. The molecule has 2 rings (SSSR count). The summed E-state index contributed by atoms with van der Waals surface area (Å²) in [7, 11) is 1.74. The van der Waals surface area contributed by atoms with Crippen molar-refractivity contribution in [2.24, 2.45) is 12.5 Å². The third-order valence-corrected chi connectivity index (χ3v) is 3.63. The molecule has 0 atom stereocenters. The highest BCUT2D eigenvalue weighted by atomic mass is 14.9. The summed E-state index contributed by atoms with van der Waals surface area (Å²) in [5.74, 6) is 0.0316. The number of hydrogen-bond acceptors (Lipinski definition) is 0. The van der Waals surface area contributed by atoms with E-state index in [0.29, 0.717) is 0 Å². The minimum Gasteiger partial charge on any atom is -0.205 e. The topological polar surface area (TPSA) is 3.88 Å². The van der Waals surface area contributed by atoms with E-state index >= 15 is 0 Å². The van der Waals surface area contributed by atoms with Crippen LogP contribution in [0, 0.1) is 19.1 Å². The van der Waals surface area contributed by atoms with Crippen molar-refractivity contribution in [1.29, 1.82) is 0 Å². The zero-order chi connectivity index (χ0) is 25.0. The first-order valence-corrected chi connectivity index (χ1v) is 7.89. The van der Waals surface area contributed by atoms with Crippen LogP contribution in [-0.2, 0) is 13.4 Å². The summed E-state index contributed by atoms with van der Waals surface area (Å²) in [5.41, 5.74) is -0.0544. The van der Waals surface area contributed by atoms with Gasteiger partial charge in [0.2, 0.25) is 0 Å². The van der Waals surface area contributed by atoms with E-state index in [1.807, 2.05) is 13.8 Å². The summed E-state index contributed by atoms with van der Waals surface area (Å²) in [6.45, 7) is 3.81. The van der Waals surface area contributed by atoms with Crippen LogP contribution in [0.4, 0.5) is 0 Å². The molecule has 0 aliphatic heterocycles. The average molecular weight is 320 g/mol. The molecule has 1 aromatic carbocycles. The molecule has 2 aromatic rings. The Kier molecular flexibility index (Phi) is 2.53. The van der Waals surface area contributed by atoms with Crippen LogP contribution < -0.4 is 4.57 Å². The van der Waals surface area contributed by atoms with Crippen molar-refractivity contribution in [2.45, 2.75) is 60.6 Å². The minimum atomic E-state index is -2.67. The summed E-state index contributed by atoms with van der Waals surface area (Å²) in [5, 5.41) is 0. The normalized spacial score (nSPS) is 19.5. The maximum atomic E-state index is 8.68. The van der Waals surface area contributed by atoms with Crippen LogP contribution in [0.15, 0.2) is 30.4 Å². The van der Waals surface area contributed by atoms with Crippen LogP contribution >= 0.6 is 0 Å². The molecular formula is C22H32N+. The van der Waals surface area contributed by atoms with Crippen LogP contribution in [-0.4, -0.2) is 0 Å². The molecule has 1 heteroatoms. The number of aromatic nitrogens is 1. The van der Waals surface area contributed by atoms with Gasteiger partial charge in [-0.1, -0.05) is 52.8 Å². The number of benzene rings is 1. The van der Waals surface area contributed by atoms with Gasteiger partial charge in [-0.15, -0.1) is 0 Å². The van der Waals surface area contributed by atoms with Gasteiger partial charge in [-0.05, 0) is 47.7 Å². The molecule has 0 amide bonds. The van der Waals surface area contributed by atoms with Crippen LogP contribution in [0.2, 0.25) is 0 Å². The second-order valence-electron chi connectivity index (χ2n) is 7.34. The van der Waals surface area contributed by atoms with Crippen molar-refractivity contribution in [1.82, 2.24) is 0 Å². The van der Waals surface area contributed by atoms with Crippen LogP contribution in [0.5, 0.6) is 0 Å². The first-order valence-electron chi connectivity index (χ1n) is 12.4. The molecule has 1 heterocycles. The largest absolute Gasteiger partial charge is 0.205 e. The van der Waals surface area contributed by atoms with E-state index in [9.17, 15) is 0 Å². The molecule has 0 radical (unpaired) electrons. The van der Waals surface area contributed by atoms with E-state index in [2.05, 4.69) is 0 Å². The van der Waals surface area contributed by atoms with Gasteiger partial charge in [0.15, 0.2) is 11.9 Å². The van der Waals surface area contributed by atoms with E-state index in [-0.39, 0.29) is 39.8 Å². The summed E-state index contributed by atoms with van der Waals surface area (Å²) in [6, 6.07) is 4.03. The maximum absolute atomic E-state index is 8.68. The highest BCUT2D eigenvalue weighted by Crippen LogP contribution is 2.30. The third kappa shape index (κ3) is 4.22. The molecule has 0 unspecified atom stereocenters. The predicted molar refractivity (Wildman–Crippen MR) is 99.8 cm³/mol. The molecule has 0 saturated heterocycles. The molecule has 0 fully saturated rings.